The predicted octanol–water partition coefficient (Wildman–Crippen LogP) is 2.59. The van der Waals surface area contributed by atoms with Crippen molar-refractivity contribution >= 4 is 6.03 Å². The Hall–Kier alpha value is -2.41. The first-order valence-corrected chi connectivity index (χ1v) is 8.85. The van der Waals surface area contributed by atoms with Gasteiger partial charge in [0.25, 0.3) is 0 Å². The van der Waals surface area contributed by atoms with E-state index in [-0.39, 0.29) is 18.2 Å². The lowest BCUT2D eigenvalue weighted by molar-refractivity contribution is 0.0120. The fourth-order valence-corrected chi connectivity index (χ4v) is 2.97. The molecule has 25 heavy (non-hydrogen) atoms. The Bertz CT molecular complexity index is 651. The number of nitrogens with one attached hydrogen (secondary N) is 2. The predicted molar refractivity (Wildman–Crippen MR) is 94.5 cm³/mol. The number of carbonyl (C=O) groups is 1. The fraction of sp³-hybridized carbons (Fsp3) is 0.500. The fourth-order valence-electron chi connectivity index (χ4n) is 2.97. The molecule has 0 unspecified atom stereocenters. The lowest BCUT2D eigenvalue weighted by atomic mass is 10.1. The van der Waals surface area contributed by atoms with Crippen molar-refractivity contribution in [1.82, 2.24) is 25.6 Å². The van der Waals surface area contributed by atoms with Crippen LogP contribution >= 0.6 is 0 Å². The number of hydrogen-bond donors (Lipinski definition) is 2. The van der Waals surface area contributed by atoms with Crippen molar-refractivity contribution in [3.8, 4) is 5.69 Å². The van der Waals surface area contributed by atoms with Crippen molar-refractivity contribution in [1.29, 1.82) is 0 Å². The van der Waals surface area contributed by atoms with Gasteiger partial charge in [-0.3, -0.25) is 0 Å². The van der Waals surface area contributed by atoms with E-state index >= 15 is 0 Å². The number of aromatic nitrogens is 3. The zero-order valence-corrected chi connectivity index (χ0v) is 14.5. The molecule has 134 valence electrons. The Morgan fingerprint density at radius 2 is 2.20 bits per heavy atom. The van der Waals surface area contributed by atoms with Gasteiger partial charge in [0.05, 0.1) is 30.2 Å². The van der Waals surface area contributed by atoms with Crippen LogP contribution in [0.2, 0.25) is 0 Å². The standard InChI is InChI=1S/C18H25N5O2/c1-14(15-5-7-16(8-6-15)23-12-11-20-22-23)21-18(24)19-10-9-17-4-2-3-13-25-17/h5-8,11-12,14,17H,2-4,9-10,13H2,1H3,(H2,19,21,24)/t14-,17-/m1/s1. The number of carbonyl (C=O) groups excluding carboxylic acids is 1. The molecule has 1 aromatic heterocycles. The van der Waals surface area contributed by atoms with Gasteiger partial charge in [-0.1, -0.05) is 17.3 Å². The molecular weight excluding hydrogens is 318 g/mol. The van der Waals surface area contributed by atoms with Gasteiger partial charge in [0, 0.05) is 13.2 Å². The first-order chi connectivity index (χ1) is 12.2. The Kier molecular flexibility index (Phi) is 6.00. The third-order valence-electron chi connectivity index (χ3n) is 4.45. The van der Waals surface area contributed by atoms with E-state index < -0.39 is 0 Å². The second-order valence-electron chi connectivity index (χ2n) is 6.34. The van der Waals surface area contributed by atoms with Crippen molar-refractivity contribution < 1.29 is 9.53 Å². The molecule has 2 atom stereocenters. The first-order valence-electron chi connectivity index (χ1n) is 8.85. The van der Waals surface area contributed by atoms with E-state index in [2.05, 4.69) is 20.9 Å². The number of hydrogen-bond acceptors (Lipinski definition) is 4. The van der Waals surface area contributed by atoms with Crippen LogP contribution in [0.1, 0.15) is 44.2 Å². The molecule has 7 heteroatoms. The SMILES string of the molecule is C[C@@H](NC(=O)NCC[C@H]1CCCCO1)c1ccc(-n2ccnn2)cc1. The Balaban J connectivity index is 1.43. The van der Waals surface area contributed by atoms with Crippen LogP contribution < -0.4 is 10.6 Å². The van der Waals surface area contributed by atoms with Gasteiger partial charge in [-0.05, 0) is 50.3 Å². The largest absolute Gasteiger partial charge is 0.378 e. The zero-order valence-electron chi connectivity index (χ0n) is 14.5. The summed E-state index contributed by atoms with van der Waals surface area (Å²) in [5.74, 6) is 0. The Morgan fingerprint density at radius 3 is 2.88 bits per heavy atom. The van der Waals surface area contributed by atoms with Crippen LogP contribution in [-0.2, 0) is 4.74 Å². The summed E-state index contributed by atoms with van der Waals surface area (Å²) in [7, 11) is 0. The van der Waals surface area contributed by atoms with Gasteiger partial charge in [0.15, 0.2) is 0 Å². The molecule has 1 aliphatic rings. The van der Waals surface area contributed by atoms with E-state index in [1.54, 1.807) is 17.1 Å². The van der Waals surface area contributed by atoms with Crippen molar-refractivity contribution in [2.24, 2.45) is 0 Å². The number of amides is 2. The van der Waals surface area contributed by atoms with Gasteiger partial charge >= 0.3 is 6.03 Å². The minimum Gasteiger partial charge on any atom is -0.378 e. The van der Waals surface area contributed by atoms with E-state index in [0.717, 1.165) is 37.1 Å². The van der Waals surface area contributed by atoms with E-state index in [9.17, 15) is 4.79 Å². The number of nitrogens with zero attached hydrogens (tertiary/aromatic N) is 3. The summed E-state index contributed by atoms with van der Waals surface area (Å²) < 4.78 is 7.37. The number of benzene rings is 1. The first kappa shape index (κ1) is 17.4. The number of urea groups is 1. The summed E-state index contributed by atoms with van der Waals surface area (Å²) in [5.41, 5.74) is 1.97. The second kappa shape index (κ2) is 8.62. The summed E-state index contributed by atoms with van der Waals surface area (Å²) in [6.45, 7) is 3.45. The van der Waals surface area contributed by atoms with Crippen LogP contribution in [0.3, 0.4) is 0 Å². The molecule has 2 aromatic rings. The molecule has 0 spiro atoms. The highest BCUT2D eigenvalue weighted by Gasteiger charge is 2.14. The van der Waals surface area contributed by atoms with Gasteiger partial charge in [0.1, 0.15) is 0 Å². The third-order valence-corrected chi connectivity index (χ3v) is 4.45. The normalized spacial score (nSPS) is 18.5. The molecule has 0 bridgehead atoms. The molecule has 2 N–H and O–H groups in total. The van der Waals surface area contributed by atoms with Crippen molar-refractivity contribution in [3.63, 3.8) is 0 Å². The van der Waals surface area contributed by atoms with E-state index in [0.29, 0.717) is 6.54 Å². The topological polar surface area (TPSA) is 81.1 Å². The Labute approximate surface area is 147 Å². The highest BCUT2D eigenvalue weighted by Crippen LogP contribution is 2.16. The van der Waals surface area contributed by atoms with Crippen LogP contribution in [-0.4, -0.2) is 40.3 Å². The average molecular weight is 343 g/mol. The molecule has 1 aromatic carbocycles. The molecule has 1 fully saturated rings. The molecule has 2 amide bonds. The van der Waals surface area contributed by atoms with Crippen LogP contribution in [0.15, 0.2) is 36.7 Å². The summed E-state index contributed by atoms with van der Waals surface area (Å²) in [6, 6.07) is 7.66. The second-order valence-corrected chi connectivity index (χ2v) is 6.34. The molecule has 1 saturated heterocycles. The van der Waals surface area contributed by atoms with Crippen molar-refractivity contribution in [2.75, 3.05) is 13.2 Å². The maximum Gasteiger partial charge on any atom is 0.315 e. The van der Waals surface area contributed by atoms with Gasteiger partial charge in [-0.15, -0.1) is 5.10 Å². The lowest BCUT2D eigenvalue weighted by Gasteiger charge is -2.22. The van der Waals surface area contributed by atoms with Crippen LogP contribution in [0.25, 0.3) is 5.69 Å². The van der Waals surface area contributed by atoms with Gasteiger partial charge in [0.2, 0.25) is 0 Å². The van der Waals surface area contributed by atoms with Gasteiger partial charge < -0.3 is 15.4 Å². The van der Waals surface area contributed by atoms with E-state index in [1.165, 1.54) is 6.42 Å². The molecule has 0 radical (unpaired) electrons. The van der Waals surface area contributed by atoms with Gasteiger partial charge in [-0.25, -0.2) is 9.48 Å². The summed E-state index contributed by atoms with van der Waals surface area (Å²) in [6.07, 6.45) is 8.05. The van der Waals surface area contributed by atoms with E-state index in [1.807, 2.05) is 31.2 Å². The third kappa shape index (κ3) is 5.03. The van der Waals surface area contributed by atoms with Crippen LogP contribution in [0.4, 0.5) is 4.79 Å². The molecular formula is C18H25N5O2. The maximum absolute atomic E-state index is 12.0. The van der Waals surface area contributed by atoms with Crippen molar-refractivity contribution in [2.45, 2.75) is 44.8 Å². The van der Waals surface area contributed by atoms with Crippen molar-refractivity contribution in [3.05, 3.63) is 42.2 Å². The summed E-state index contributed by atoms with van der Waals surface area (Å²) >= 11 is 0. The molecule has 0 aliphatic carbocycles. The minimum atomic E-state index is -0.149. The highest BCUT2D eigenvalue weighted by molar-refractivity contribution is 5.74. The monoisotopic (exact) mass is 343 g/mol. The molecule has 7 nitrogen and oxygen atoms in total. The molecule has 2 heterocycles. The van der Waals surface area contributed by atoms with Crippen LogP contribution in [0, 0.1) is 0 Å². The van der Waals surface area contributed by atoms with Gasteiger partial charge in [-0.2, -0.15) is 0 Å². The average Bonchev–Trinajstić information content (AvgIpc) is 3.17. The van der Waals surface area contributed by atoms with E-state index in [4.69, 9.17) is 4.74 Å². The smallest absolute Gasteiger partial charge is 0.315 e. The molecule has 0 saturated carbocycles. The minimum absolute atomic E-state index is 0.0734. The Morgan fingerprint density at radius 1 is 1.36 bits per heavy atom. The summed E-state index contributed by atoms with van der Waals surface area (Å²) in [5, 5.41) is 13.6. The number of ether oxygens (including phenoxy) is 1. The zero-order chi connectivity index (χ0) is 17.5. The van der Waals surface area contributed by atoms with Crippen LogP contribution in [0.5, 0.6) is 0 Å². The lowest BCUT2D eigenvalue weighted by Crippen LogP contribution is -2.38. The maximum atomic E-state index is 12.0. The summed E-state index contributed by atoms with van der Waals surface area (Å²) in [4.78, 5) is 12.0. The quantitative estimate of drug-likeness (QED) is 0.845. The highest BCUT2D eigenvalue weighted by atomic mass is 16.5. The molecule has 1 aliphatic heterocycles. The number of rotatable bonds is 6. The molecule has 3 rings (SSSR count).